The smallest absolute Gasteiger partial charge is 0.174 e. The van der Waals surface area contributed by atoms with Gasteiger partial charge in [0.25, 0.3) is 0 Å². The zero-order valence-electron chi connectivity index (χ0n) is 17.8. The van der Waals surface area contributed by atoms with Crippen LogP contribution in [0.25, 0.3) is 23.0 Å². The highest BCUT2D eigenvalue weighted by Crippen LogP contribution is 2.58. The van der Waals surface area contributed by atoms with E-state index in [1.54, 1.807) is 47.7 Å². The summed E-state index contributed by atoms with van der Waals surface area (Å²) >= 11 is 0. The molecule has 2 aliphatic carbocycles. The second-order valence-electron chi connectivity index (χ2n) is 9.63. The first kappa shape index (κ1) is 19.8. The number of halogens is 1. The van der Waals surface area contributed by atoms with E-state index < -0.39 is 6.17 Å². The first-order valence-electron chi connectivity index (χ1n) is 10.7. The highest BCUT2D eigenvalue weighted by atomic mass is 19.1. The van der Waals surface area contributed by atoms with Gasteiger partial charge < -0.3 is 9.67 Å². The molecular weight excluding hydrogens is 393 g/mol. The largest absolute Gasteiger partial charge is 0.507 e. The summed E-state index contributed by atoms with van der Waals surface area (Å²) in [5.41, 5.74) is 2.43. The van der Waals surface area contributed by atoms with E-state index in [1.807, 2.05) is 6.07 Å². The van der Waals surface area contributed by atoms with Crippen molar-refractivity contribution in [3.8, 4) is 22.7 Å². The fourth-order valence-electron chi connectivity index (χ4n) is 5.54. The van der Waals surface area contributed by atoms with Crippen LogP contribution in [0.5, 0.6) is 5.75 Å². The zero-order chi connectivity index (χ0) is 21.6. The topological polar surface area (TPSA) is 76.7 Å². The number of hydrogen-bond donors (Lipinski definition) is 1. The summed E-state index contributed by atoms with van der Waals surface area (Å²) in [7, 11) is 0. The Morgan fingerprint density at radius 3 is 2.81 bits per heavy atom. The van der Waals surface area contributed by atoms with Crippen molar-refractivity contribution in [3.05, 3.63) is 54.5 Å². The Hall–Kier alpha value is -3.09. The van der Waals surface area contributed by atoms with Crippen LogP contribution in [0, 0.1) is 10.8 Å². The lowest BCUT2D eigenvalue weighted by Gasteiger charge is -2.52. The fourth-order valence-corrected chi connectivity index (χ4v) is 5.54. The van der Waals surface area contributed by atoms with Crippen LogP contribution in [0.15, 0.2) is 48.7 Å². The van der Waals surface area contributed by atoms with E-state index in [2.05, 4.69) is 34.0 Å². The van der Waals surface area contributed by atoms with Gasteiger partial charge in [-0.25, -0.2) is 14.4 Å². The van der Waals surface area contributed by atoms with Crippen molar-refractivity contribution in [1.82, 2.24) is 24.7 Å². The fraction of sp³-hybridized carbons (Fsp3) is 0.417. The Balaban J connectivity index is 1.40. The number of aromatic hydroxyl groups is 1. The third-order valence-electron chi connectivity index (χ3n) is 6.88. The molecule has 1 aromatic carbocycles. The molecule has 31 heavy (non-hydrogen) atoms. The first-order valence-corrected chi connectivity index (χ1v) is 10.7. The van der Waals surface area contributed by atoms with Crippen molar-refractivity contribution in [1.29, 1.82) is 0 Å². The summed E-state index contributed by atoms with van der Waals surface area (Å²) in [6.45, 7) is 4.34. The van der Waals surface area contributed by atoms with Gasteiger partial charge in [-0.05, 0) is 54.9 Å². The van der Waals surface area contributed by atoms with Gasteiger partial charge in [-0.1, -0.05) is 20.3 Å². The minimum atomic E-state index is -0.969. The molecule has 2 aliphatic rings. The van der Waals surface area contributed by atoms with Gasteiger partial charge in [0.15, 0.2) is 5.82 Å². The summed E-state index contributed by atoms with van der Waals surface area (Å²) in [6, 6.07) is 5.28. The summed E-state index contributed by atoms with van der Waals surface area (Å²) in [5, 5.41) is 18.9. The maximum Gasteiger partial charge on any atom is 0.174 e. The SMILES string of the molecule is C[C@]12CCC[C@](C)(C1)[C@H](F)/C(=C/c1ncc(-c3ccc(-n4ccnc4)cc3O)nn1)C2. The number of alkyl halides is 1. The zero-order valence-corrected chi connectivity index (χ0v) is 17.8. The van der Waals surface area contributed by atoms with E-state index in [4.69, 9.17) is 0 Å². The molecule has 0 amide bonds. The van der Waals surface area contributed by atoms with Crippen LogP contribution in [0.4, 0.5) is 4.39 Å². The normalized spacial score (nSPS) is 29.3. The molecule has 0 unspecified atom stereocenters. The molecule has 2 bridgehead atoms. The Labute approximate surface area is 180 Å². The first-order chi connectivity index (χ1) is 14.9. The van der Waals surface area contributed by atoms with Crippen molar-refractivity contribution in [2.45, 2.75) is 52.1 Å². The van der Waals surface area contributed by atoms with Gasteiger partial charge in [-0.3, -0.25) is 0 Å². The number of aromatic nitrogens is 5. The predicted octanol–water partition coefficient (Wildman–Crippen LogP) is 5.14. The van der Waals surface area contributed by atoms with E-state index >= 15 is 4.39 Å². The Bertz CT molecular complexity index is 1130. The molecule has 3 aromatic rings. The van der Waals surface area contributed by atoms with Crippen LogP contribution in [-0.2, 0) is 0 Å². The third kappa shape index (κ3) is 3.62. The molecule has 160 valence electrons. The Morgan fingerprint density at radius 2 is 2.10 bits per heavy atom. The molecule has 7 heteroatoms. The van der Waals surface area contributed by atoms with Gasteiger partial charge in [0.1, 0.15) is 17.6 Å². The van der Waals surface area contributed by atoms with E-state index in [0.717, 1.165) is 43.4 Å². The molecule has 2 saturated carbocycles. The maximum absolute atomic E-state index is 15.3. The molecule has 6 nitrogen and oxygen atoms in total. The highest BCUT2D eigenvalue weighted by Gasteiger charge is 2.50. The number of phenolic OH excluding ortho intramolecular Hbond substituents is 1. The minimum Gasteiger partial charge on any atom is -0.507 e. The Morgan fingerprint density at radius 1 is 1.23 bits per heavy atom. The maximum atomic E-state index is 15.3. The molecule has 0 aliphatic heterocycles. The van der Waals surface area contributed by atoms with E-state index in [-0.39, 0.29) is 16.6 Å². The summed E-state index contributed by atoms with van der Waals surface area (Å²) in [5.74, 6) is 0.487. The average Bonchev–Trinajstić information content (AvgIpc) is 3.27. The quantitative estimate of drug-likeness (QED) is 0.636. The van der Waals surface area contributed by atoms with Gasteiger partial charge in [0.2, 0.25) is 0 Å². The Kier molecular flexibility index (Phi) is 4.64. The lowest BCUT2D eigenvalue weighted by atomic mass is 9.54. The van der Waals surface area contributed by atoms with Crippen molar-refractivity contribution in [3.63, 3.8) is 0 Å². The van der Waals surface area contributed by atoms with Crippen LogP contribution in [0.2, 0.25) is 0 Å². The molecule has 3 atom stereocenters. The second kappa shape index (κ2) is 7.25. The van der Waals surface area contributed by atoms with Crippen LogP contribution < -0.4 is 0 Å². The molecule has 0 saturated heterocycles. The minimum absolute atomic E-state index is 0.0817. The highest BCUT2D eigenvalue weighted by molar-refractivity contribution is 5.68. The standard InChI is InChI=1S/C24H26FN5O/c1-23-6-3-7-24(2,14-23)22(25)16(12-23)10-21-27-13-19(28-29-21)18-5-4-17(11-20(18)31)30-9-8-26-15-30/h4-5,8-11,13,15,22,31H,3,6-7,12,14H2,1-2H3/b16-10+/t22-,23-,24-/m1/s1. The van der Waals surface area contributed by atoms with Crippen molar-refractivity contribution in [2.24, 2.45) is 10.8 Å². The van der Waals surface area contributed by atoms with Gasteiger partial charge in [-0.15, -0.1) is 10.2 Å². The molecule has 2 aromatic heterocycles. The number of fused-ring (bicyclic) bond motifs is 2. The molecule has 5 rings (SSSR count). The number of hydrogen-bond acceptors (Lipinski definition) is 5. The van der Waals surface area contributed by atoms with E-state index in [9.17, 15) is 5.11 Å². The van der Waals surface area contributed by atoms with Crippen molar-refractivity contribution in [2.75, 3.05) is 0 Å². The number of phenols is 1. The van der Waals surface area contributed by atoms with E-state index in [1.165, 1.54) is 0 Å². The molecular formula is C24H26FN5O. The molecule has 0 spiro atoms. The molecule has 0 radical (unpaired) electrons. The van der Waals surface area contributed by atoms with Crippen LogP contribution in [0.1, 0.15) is 51.8 Å². The van der Waals surface area contributed by atoms with Crippen molar-refractivity contribution >= 4 is 6.08 Å². The lowest BCUT2D eigenvalue weighted by Crippen LogP contribution is -2.45. The number of rotatable bonds is 3. The van der Waals surface area contributed by atoms with Crippen LogP contribution in [0.3, 0.4) is 0 Å². The van der Waals surface area contributed by atoms with Gasteiger partial charge in [-0.2, -0.15) is 0 Å². The molecule has 2 fully saturated rings. The summed E-state index contributed by atoms with van der Waals surface area (Å²) in [4.78, 5) is 8.41. The molecule has 2 heterocycles. The van der Waals surface area contributed by atoms with Gasteiger partial charge >= 0.3 is 0 Å². The predicted molar refractivity (Wildman–Crippen MR) is 116 cm³/mol. The second-order valence-corrected chi connectivity index (χ2v) is 9.63. The number of benzene rings is 1. The number of allylic oxidation sites excluding steroid dienone is 1. The number of imidazole rings is 1. The van der Waals surface area contributed by atoms with Gasteiger partial charge in [0, 0.05) is 29.4 Å². The van der Waals surface area contributed by atoms with Crippen molar-refractivity contribution < 1.29 is 9.50 Å². The summed E-state index contributed by atoms with van der Waals surface area (Å²) in [6.07, 6.45) is 12.3. The molecule has 1 N–H and O–H groups in total. The number of nitrogens with zero attached hydrogens (tertiary/aromatic N) is 5. The van der Waals surface area contributed by atoms with E-state index in [0.29, 0.717) is 17.1 Å². The van der Waals surface area contributed by atoms with Gasteiger partial charge in [0.05, 0.1) is 18.2 Å². The monoisotopic (exact) mass is 419 g/mol. The third-order valence-corrected chi connectivity index (χ3v) is 6.88. The summed E-state index contributed by atoms with van der Waals surface area (Å²) < 4.78 is 17.1. The lowest BCUT2D eigenvalue weighted by molar-refractivity contribution is -0.00518. The van der Waals surface area contributed by atoms with Crippen LogP contribution in [-0.4, -0.2) is 36.0 Å². The average molecular weight is 420 g/mol. The van der Waals surface area contributed by atoms with Crippen LogP contribution >= 0.6 is 0 Å².